The number of methoxy groups -OCH3 is 1. The van der Waals surface area contributed by atoms with Crippen LogP contribution in [0.25, 0.3) is 10.6 Å². The van der Waals surface area contributed by atoms with E-state index in [9.17, 15) is 9.59 Å². The standard InChI is InChI=1S/C19H22N4O4S.ClH/c1-26-19(25)13-6-8-23(9-7-13)16(24)11-27-14-4-2-12(3-5-14)18-22-10-15(28-18)17(20)21;/h2-5,10,13H,6-9,11H2,1H3,(H3,20,21);1H. The number of ether oxygens (including phenoxy) is 2. The summed E-state index contributed by atoms with van der Waals surface area (Å²) < 4.78 is 10.4. The van der Waals surface area contributed by atoms with Gasteiger partial charge in [0.15, 0.2) is 6.61 Å². The monoisotopic (exact) mass is 438 g/mol. The van der Waals surface area contributed by atoms with E-state index < -0.39 is 0 Å². The average molecular weight is 439 g/mol. The number of halogens is 1. The van der Waals surface area contributed by atoms with Gasteiger partial charge in [0.1, 0.15) is 16.6 Å². The van der Waals surface area contributed by atoms with Gasteiger partial charge < -0.3 is 20.1 Å². The zero-order valence-corrected chi connectivity index (χ0v) is 17.6. The molecular formula is C19H23ClN4O4S. The van der Waals surface area contributed by atoms with Gasteiger partial charge in [-0.2, -0.15) is 0 Å². The van der Waals surface area contributed by atoms with Gasteiger partial charge in [-0.25, -0.2) is 4.98 Å². The van der Waals surface area contributed by atoms with Gasteiger partial charge in [0.25, 0.3) is 5.91 Å². The van der Waals surface area contributed by atoms with E-state index in [4.69, 9.17) is 20.6 Å². The molecule has 1 fully saturated rings. The van der Waals surface area contributed by atoms with E-state index in [1.807, 2.05) is 12.1 Å². The fraction of sp³-hybridized carbons (Fsp3) is 0.368. The molecule has 156 valence electrons. The zero-order chi connectivity index (χ0) is 20.1. The molecule has 1 amide bonds. The van der Waals surface area contributed by atoms with Gasteiger partial charge in [-0.15, -0.1) is 23.7 Å². The lowest BCUT2D eigenvalue weighted by Gasteiger charge is -2.30. The number of likely N-dealkylation sites (tertiary alicyclic amines) is 1. The Balaban J connectivity index is 0.00000300. The number of piperidine rings is 1. The summed E-state index contributed by atoms with van der Waals surface area (Å²) in [6.45, 7) is 1.01. The molecule has 8 nitrogen and oxygen atoms in total. The fourth-order valence-electron chi connectivity index (χ4n) is 2.99. The van der Waals surface area contributed by atoms with Crippen LogP contribution in [-0.4, -0.2) is 54.4 Å². The van der Waals surface area contributed by atoms with Crippen molar-refractivity contribution in [2.24, 2.45) is 11.7 Å². The summed E-state index contributed by atoms with van der Waals surface area (Å²) in [7, 11) is 1.38. The van der Waals surface area contributed by atoms with Crippen LogP contribution in [0.5, 0.6) is 5.75 Å². The number of benzene rings is 1. The van der Waals surface area contributed by atoms with Crippen molar-refractivity contribution in [2.75, 3.05) is 26.8 Å². The lowest BCUT2D eigenvalue weighted by atomic mass is 9.97. The number of thiazole rings is 1. The maximum Gasteiger partial charge on any atom is 0.308 e. The van der Waals surface area contributed by atoms with E-state index in [0.29, 0.717) is 36.6 Å². The maximum absolute atomic E-state index is 12.3. The summed E-state index contributed by atoms with van der Waals surface area (Å²) in [6, 6.07) is 7.26. The quantitative estimate of drug-likeness (QED) is 0.406. The molecule has 10 heteroatoms. The minimum Gasteiger partial charge on any atom is -0.484 e. The van der Waals surface area contributed by atoms with Crippen molar-refractivity contribution >= 4 is 41.5 Å². The molecular weight excluding hydrogens is 416 g/mol. The summed E-state index contributed by atoms with van der Waals surface area (Å²) in [6.07, 6.45) is 2.81. The third-order valence-electron chi connectivity index (χ3n) is 4.62. The molecule has 3 N–H and O–H groups in total. The number of esters is 1. The van der Waals surface area contributed by atoms with Gasteiger partial charge in [-0.1, -0.05) is 0 Å². The number of amides is 1. The Morgan fingerprint density at radius 1 is 1.28 bits per heavy atom. The highest BCUT2D eigenvalue weighted by Crippen LogP contribution is 2.26. The Bertz CT molecular complexity index is 863. The van der Waals surface area contributed by atoms with Gasteiger partial charge in [-0.05, 0) is 37.1 Å². The van der Waals surface area contributed by atoms with Crippen molar-refractivity contribution in [3.05, 3.63) is 35.3 Å². The van der Waals surface area contributed by atoms with Crippen LogP contribution in [0.3, 0.4) is 0 Å². The highest BCUT2D eigenvalue weighted by atomic mass is 35.5. The topological polar surface area (TPSA) is 119 Å². The van der Waals surface area contributed by atoms with Crippen LogP contribution in [-0.2, 0) is 14.3 Å². The Kier molecular flexibility index (Phi) is 7.98. The van der Waals surface area contributed by atoms with Crippen LogP contribution in [0.15, 0.2) is 30.5 Å². The largest absolute Gasteiger partial charge is 0.484 e. The normalized spacial score (nSPS) is 14.0. The first kappa shape index (κ1) is 22.6. The highest BCUT2D eigenvalue weighted by molar-refractivity contribution is 7.16. The molecule has 0 aliphatic carbocycles. The molecule has 0 spiro atoms. The predicted octanol–water partition coefficient (Wildman–Crippen LogP) is 2.31. The highest BCUT2D eigenvalue weighted by Gasteiger charge is 2.27. The molecule has 0 atom stereocenters. The van der Waals surface area contributed by atoms with E-state index in [-0.39, 0.29) is 42.6 Å². The number of hydrogen-bond donors (Lipinski definition) is 2. The fourth-order valence-corrected chi connectivity index (χ4v) is 3.78. The Morgan fingerprint density at radius 3 is 2.48 bits per heavy atom. The molecule has 0 unspecified atom stereocenters. The Morgan fingerprint density at radius 2 is 1.93 bits per heavy atom. The number of nitrogens with zero attached hydrogens (tertiary/aromatic N) is 2. The van der Waals surface area contributed by atoms with Gasteiger partial charge in [0.05, 0.1) is 17.9 Å². The zero-order valence-electron chi connectivity index (χ0n) is 15.9. The first-order chi connectivity index (χ1) is 13.5. The van der Waals surface area contributed by atoms with Gasteiger partial charge >= 0.3 is 5.97 Å². The van der Waals surface area contributed by atoms with Crippen molar-refractivity contribution < 1.29 is 19.1 Å². The summed E-state index contributed by atoms with van der Waals surface area (Å²) in [5.41, 5.74) is 6.35. The summed E-state index contributed by atoms with van der Waals surface area (Å²) in [5.74, 6) is 0.150. The van der Waals surface area contributed by atoms with E-state index in [2.05, 4.69) is 4.98 Å². The minimum absolute atomic E-state index is 0. The van der Waals surface area contributed by atoms with Crippen molar-refractivity contribution in [3.8, 4) is 16.3 Å². The lowest BCUT2D eigenvalue weighted by molar-refractivity contribution is -0.149. The van der Waals surface area contributed by atoms with Crippen molar-refractivity contribution in [1.29, 1.82) is 5.41 Å². The number of aromatic nitrogens is 1. The third-order valence-corrected chi connectivity index (χ3v) is 5.70. The van der Waals surface area contributed by atoms with E-state index in [1.54, 1.807) is 23.2 Å². The molecule has 2 heterocycles. The first-order valence-electron chi connectivity index (χ1n) is 8.87. The van der Waals surface area contributed by atoms with E-state index >= 15 is 0 Å². The molecule has 0 bridgehead atoms. The van der Waals surface area contributed by atoms with E-state index in [1.165, 1.54) is 18.4 Å². The Hall–Kier alpha value is -2.65. The maximum atomic E-state index is 12.3. The molecule has 3 rings (SSSR count). The van der Waals surface area contributed by atoms with Crippen LogP contribution in [0.1, 0.15) is 17.7 Å². The molecule has 1 saturated heterocycles. The summed E-state index contributed by atoms with van der Waals surface area (Å²) >= 11 is 1.35. The van der Waals surface area contributed by atoms with Crippen LogP contribution < -0.4 is 10.5 Å². The smallest absolute Gasteiger partial charge is 0.308 e. The van der Waals surface area contributed by atoms with Gasteiger partial charge in [0, 0.05) is 24.8 Å². The summed E-state index contributed by atoms with van der Waals surface area (Å²) in [4.78, 5) is 30.5. The number of carbonyl (C=O) groups is 2. The van der Waals surface area contributed by atoms with E-state index in [0.717, 1.165) is 10.6 Å². The molecule has 1 aromatic carbocycles. The molecule has 1 aromatic heterocycles. The van der Waals surface area contributed by atoms with Crippen LogP contribution >= 0.6 is 23.7 Å². The molecule has 0 radical (unpaired) electrons. The average Bonchev–Trinajstić information content (AvgIpc) is 3.22. The third kappa shape index (κ3) is 5.68. The number of amidine groups is 1. The van der Waals surface area contributed by atoms with Gasteiger partial charge in [-0.3, -0.25) is 15.0 Å². The first-order valence-corrected chi connectivity index (χ1v) is 9.68. The molecule has 0 saturated carbocycles. The Labute approximate surface area is 178 Å². The van der Waals surface area contributed by atoms with Crippen molar-refractivity contribution in [3.63, 3.8) is 0 Å². The predicted molar refractivity (Wildman–Crippen MR) is 113 cm³/mol. The summed E-state index contributed by atoms with van der Waals surface area (Å²) in [5, 5.41) is 8.20. The second-order valence-corrected chi connectivity index (χ2v) is 7.47. The van der Waals surface area contributed by atoms with Crippen LogP contribution in [0, 0.1) is 11.3 Å². The van der Waals surface area contributed by atoms with Crippen molar-refractivity contribution in [2.45, 2.75) is 12.8 Å². The number of nitrogen functional groups attached to an aromatic ring is 1. The minimum atomic E-state index is -0.209. The molecule has 2 aromatic rings. The lowest BCUT2D eigenvalue weighted by Crippen LogP contribution is -2.42. The van der Waals surface area contributed by atoms with Crippen molar-refractivity contribution in [1.82, 2.24) is 9.88 Å². The molecule has 1 aliphatic heterocycles. The number of carbonyl (C=O) groups excluding carboxylic acids is 2. The number of rotatable bonds is 6. The number of hydrogen-bond acceptors (Lipinski definition) is 7. The molecule has 29 heavy (non-hydrogen) atoms. The van der Waals surface area contributed by atoms with Gasteiger partial charge in [0.2, 0.25) is 0 Å². The number of nitrogens with two attached hydrogens (primary N) is 1. The second kappa shape index (κ2) is 10.2. The number of nitrogens with one attached hydrogen (secondary N) is 1. The van der Waals surface area contributed by atoms with Crippen LogP contribution in [0.4, 0.5) is 0 Å². The second-order valence-electron chi connectivity index (χ2n) is 6.43. The van der Waals surface area contributed by atoms with Crippen LogP contribution in [0.2, 0.25) is 0 Å². The molecule has 1 aliphatic rings. The SMILES string of the molecule is COC(=O)C1CCN(C(=O)COc2ccc(-c3ncc(C(=N)N)s3)cc2)CC1.Cl.